The molecule has 0 unspecified atom stereocenters. The van der Waals surface area contributed by atoms with E-state index >= 15 is 0 Å². The molecule has 122 valence electrons. The maximum Gasteiger partial charge on any atom is 0.419 e. The molecule has 2 amide bonds. The Labute approximate surface area is 126 Å². The van der Waals surface area contributed by atoms with Crippen LogP contribution >= 0.6 is 0 Å². The molecule has 0 spiro atoms. The highest BCUT2D eigenvalue weighted by Crippen LogP contribution is 2.29. The second kappa shape index (κ2) is 6.10. The van der Waals surface area contributed by atoms with Crippen LogP contribution < -0.4 is 5.32 Å². The largest absolute Gasteiger partial charge is 0.419 e. The van der Waals surface area contributed by atoms with Crippen molar-refractivity contribution >= 4 is 6.03 Å². The number of hydrogen-bond donors (Lipinski definition) is 1. The van der Waals surface area contributed by atoms with Gasteiger partial charge >= 0.3 is 12.2 Å². The van der Waals surface area contributed by atoms with Crippen LogP contribution in [0.4, 0.5) is 18.0 Å². The SMILES string of the molecule is CC1(C)CCN(C(=O)NCc2ncc(C(F)(F)F)cn2)CC1. The lowest BCUT2D eigenvalue weighted by molar-refractivity contribution is -0.138. The van der Waals surface area contributed by atoms with E-state index in [4.69, 9.17) is 0 Å². The normalized spacial score (nSPS) is 18.1. The van der Waals surface area contributed by atoms with Crippen molar-refractivity contribution in [1.82, 2.24) is 20.2 Å². The predicted molar refractivity (Wildman–Crippen MR) is 73.9 cm³/mol. The quantitative estimate of drug-likeness (QED) is 0.913. The van der Waals surface area contributed by atoms with Crippen molar-refractivity contribution < 1.29 is 18.0 Å². The zero-order valence-corrected chi connectivity index (χ0v) is 12.6. The Kier molecular flexibility index (Phi) is 4.58. The van der Waals surface area contributed by atoms with E-state index < -0.39 is 11.7 Å². The van der Waals surface area contributed by atoms with Crippen LogP contribution in [-0.4, -0.2) is 34.0 Å². The van der Waals surface area contributed by atoms with Gasteiger partial charge in [0.25, 0.3) is 0 Å². The first-order valence-electron chi connectivity index (χ1n) is 7.08. The summed E-state index contributed by atoms with van der Waals surface area (Å²) in [5, 5.41) is 2.63. The number of alkyl halides is 3. The fourth-order valence-electron chi connectivity index (χ4n) is 2.17. The highest BCUT2D eigenvalue weighted by Gasteiger charge is 2.31. The van der Waals surface area contributed by atoms with Crippen molar-refractivity contribution in [3.8, 4) is 0 Å². The Morgan fingerprint density at radius 2 is 1.82 bits per heavy atom. The van der Waals surface area contributed by atoms with E-state index in [-0.39, 0.29) is 23.8 Å². The van der Waals surface area contributed by atoms with Gasteiger partial charge in [0, 0.05) is 25.5 Å². The fourth-order valence-corrected chi connectivity index (χ4v) is 2.17. The lowest BCUT2D eigenvalue weighted by Gasteiger charge is -2.36. The molecule has 2 heterocycles. The summed E-state index contributed by atoms with van der Waals surface area (Å²) in [6, 6.07) is -0.237. The monoisotopic (exact) mass is 316 g/mol. The van der Waals surface area contributed by atoms with Gasteiger partial charge in [-0.25, -0.2) is 14.8 Å². The maximum atomic E-state index is 12.4. The lowest BCUT2D eigenvalue weighted by atomic mass is 9.83. The molecular weight excluding hydrogens is 297 g/mol. The number of halogens is 3. The number of piperidine rings is 1. The second-order valence-electron chi connectivity index (χ2n) is 6.20. The Morgan fingerprint density at radius 3 is 2.32 bits per heavy atom. The topological polar surface area (TPSA) is 58.1 Å². The highest BCUT2D eigenvalue weighted by molar-refractivity contribution is 5.74. The van der Waals surface area contributed by atoms with Crippen LogP contribution in [0.3, 0.4) is 0 Å². The summed E-state index contributed by atoms with van der Waals surface area (Å²) in [5.41, 5.74) is -0.659. The summed E-state index contributed by atoms with van der Waals surface area (Å²) in [6.45, 7) is 5.69. The lowest BCUT2D eigenvalue weighted by Crippen LogP contribution is -2.46. The molecule has 1 aliphatic rings. The first kappa shape index (κ1) is 16.5. The molecule has 1 N–H and O–H groups in total. The van der Waals surface area contributed by atoms with Crippen LogP contribution in [0.1, 0.15) is 38.1 Å². The molecular formula is C14H19F3N4O. The average molecular weight is 316 g/mol. The Bertz CT molecular complexity index is 518. The van der Waals surface area contributed by atoms with Crippen LogP contribution in [0, 0.1) is 5.41 Å². The van der Waals surface area contributed by atoms with Crippen LogP contribution in [0.5, 0.6) is 0 Å². The summed E-state index contributed by atoms with van der Waals surface area (Å²) in [7, 11) is 0. The van der Waals surface area contributed by atoms with Crippen molar-refractivity contribution in [1.29, 1.82) is 0 Å². The first-order valence-corrected chi connectivity index (χ1v) is 7.08. The minimum Gasteiger partial charge on any atom is -0.331 e. The second-order valence-corrected chi connectivity index (χ2v) is 6.20. The summed E-state index contributed by atoms with van der Waals surface area (Å²) in [5.74, 6) is 0.152. The number of rotatable bonds is 2. The number of hydrogen-bond acceptors (Lipinski definition) is 3. The van der Waals surface area contributed by atoms with Gasteiger partial charge in [-0.05, 0) is 18.3 Å². The van der Waals surface area contributed by atoms with E-state index in [2.05, 4.69) is 29.1 Å². The van der Waals surface area contributed by atoms with Gasteiger partial charge in [0.15, 0.2) is 0 Å². The molecule has 1 fully saturated rings. The number of aromatic nitrogens is 2. The molecule has 5 nitrogen and oxygen atoms in total. The molecule has 1 saturated heterocycles. The van der Waals surface area contributed by atoms with Crippen LogP contribution in [0.15, 0.2) is 12.4 Å². The number of urea groups is 1. The molecule has 0 saturated carbocycles. The molecule has 0 bridgehead atoms. The molecule has 1 aromatic heterocycles. The molecule has 0 atom stereocenters. The molecule has 22 heavy (non-hydrogen) atoms. The summed E-state index contributed by atoms with van der Waals surface area (Å²) >= 11 is 0. The van der Waals surface area contributed by atoms with Crippen LogP contribution in [0.25, 0.3) is 0 Å². The van der Waals surface area contributed by atoms with E-state index in [9.17, 15) is 18.0 Å². The fraction of sp³-hybridized carbons (Fsp3) is 0.643. The van der Waals surface area contributed by atoms with Gasteiger partial charge < -0.3 is 10.2 Å². The Hall–Kier alpha value is -1.86. The molecule has 0 aromatic carbocycles. The van der Waals surface area contributed by atoms with Crippen LogP contribution in [-0.2, 0) is 12.7 Å². The minimum atomic E-state index is -4.46. The zero-order chi connectivity index (χ0) is 16.4. The third kappa shape index (κ3) is 4.32. The van der Waals surface area contributed by atoms with Gasteiger partial charge in [-0.15, -0.1) is 0 Å². The van der Waals surface area contributed by atoms with Crippen LogP contribution in [0.2, 0.25) is 0 Å². The van der Waals surface area contributed by atoms with Crippen molar-refractivity contribution in [2.75, 3.05) is 13.1 Å². The highest BCUT2D eigenvalue weighted by atomic mass is 19.4. The van der Waals surface area contributed by atoms with Gasteiger partial charge in [0.05, 0.1) is 12.1 Å². The molecule has 0 aliphatic carbocycles. The number of carbonyl (C=O) groups is 1. The van der Waals surface area contributed by atoms with Gasteiger partial charge in [0.2, 0.25) is 0 Å². The number of likely N-dealkylation sites (tertiary alicyclic amines) is 1. The Morgan fingerprint density at radius 1 is 1.27 bits per heavy atom. The van der Waals surface area contributed by atoms with Crippen molar-refractivity contribution in [3.05, 3.63) is 23.8 Å². The number of nitrogens with one attached hydrogen (secondary N) is 1. The van der Waals surface area contributed by atoms with Crippen molar-refractivity contribution in [2.45, 2.75) is 39.4 Å². The summed E-state index contributed by atoms with van der Waals surface area (Å²) < 4.78 is 37.1. The molecule has 1 aliphatic heterocycles. The van der Waals surface area contributed by atoms with E-state index in [0.29, 0.717) is 13.1 Å². The molecule has 1 aromatic rings. The maximum absolute atomic E-state index is 12.4. The Balaban J connectivity index is 1.84. The van der Waals surface area contributed by atoms with Gasteiger partial charge in [-0.2, -0.15) is 13.2 Å². The summed E-state index contributed by atoms with van der Waals surface area (Å²) in [4.78, 5) is 20.9. The van der Waals surface area contributed by atoms with Gasteiger partial charge in [-0.3, -0.25) is 0 Å². The standard InChI is InChI=1S/C14H19F3N4O/c1-13(2)3-5-21(6-4-13)12(22)20-9-11-18-7-10(8-19-11)14(15,16)17/h7-8H,3-6,9H2,1-2H3,(H,20,22). The molecule has 8 heteroatoms. The predicted octanol–water partition coefficient (Wildman–Crippen LogP) is 2.83. The first-order chi connectivity index (χ1) is 10.2. The van der Waals surface area contributed by atoms with Gasteiger partial charge in [0.1, 0.15) is 5.82 Å². The number of nitrogens with zero attached hydrogens (tertiary/aromatic N) is 3. The van der Waals surface area contributed by atoms with E-state index in [1.54, 1.807) is 4.90 Å². The molecule has 0 radical (unpaired) electrons. The summed E-state index contributed by atoms with van der Waals surface area (Å²) in [6.07, 6.45) is -1.16. The number of amides is 2. The van der Waals surface area contributed by atoms with Crippen molar-refractivity contribution in [2.24, 2.45) is 5.41 Å². The van der Waals surface area contributed by atoms with Crippen molar-refractivity contribution in [3.63, 3.8) is 0 Å². The number of carbonyl (C=O) groups excluding carboxylic acids is 1. The van der Waals surface area contributed by atoms with Gasteiger partial charge in [-0.1, -0.05) is 13.8 Å². The van der Waals surface area contributed by atoms with E-state index in [0.717, 1.165) is 25.2 Å². The average Bonchev–Trinajstić information content (AvgIpc) is 2.44. The third-order valence-electron chi connectivity index (χ3n) is 3.83. The van der Waals surface area contributed by atoms with E-state index in [1.807, 2.05) is 0 Å². The smallest absolute Gasteiger partial charge is 0.331 e. The minimum absolute atomic E-state index is 0.0108. The van der Waals surface area contributed by atoms with E-state index in [1.165, 1.54) is 0 Å². The third-order valence-corrected chi connectivity index (χ3v) is 3.83. The zero-order valence-electron chi connectivity index (χ0n) is 12.6. The molecule has 2 rings (SSSR count).